The Balaban J connectivity index is 2.40. The van der Waals surface area contributed by atoms with Crippen LogP contribution in [0, 0.1) is 5.92 Å². The maximum Gasteiger partial charge on any atom is 0.346 e. The maximum absolute atomic E-state index is 10.6. The van der Waals surface area contributed by atoms with Gasteiger partial charge in [-0.25, -0.2) is 4.79 Å². The van der Waals surface area contributed by atoms with Gasteiger partial charge in [0.1, 0.15) is 10.6 Å². The van der Waals surface area contributed by atoms with Gasteiger partial charge in [0, 0.05) is 11.4 Å². The normalized spacial score (nSPS) is 12.4. The smallest absolute Gasteiger partial charge is 0.346 e. The van der Waals surface area contributed by atoms with Crippen LogP contribution in [0.4, 0.5) is 0 Å². The van der Waals surface area contributed by atoms with Gasteiger partial charge in [0.2, 0.25) is 0 Å². The molecule has 0 aliphatic rings. The van der Waals surface area contributed by atoms with Crippen molar-refractivity contribution in [1.82, 2.24) is 0 Å². The second kappa shape index (κ2) is 5.75. The number of thiophene rings is 1. The zero-order chi connectivity index (χ0) is 11.3. The summed E-state index contributed by atoms with van der Waals surface area (Å²) in [5.41, 5.74) is 0. The molecule has 1 rings (SSSR count). The molecule has 15 heavy (non-hydrogen) atoms. The van der Waals surface area contributed by atoms with Crippen LogP contribution in [0.5, 0.6) is 5.75 Å². The van der Waals surface area contributed by atoms with Crippen molar-refractivity contribution in [1.29, 1.82) is 0 Å². The molecule has 0 aromatic carbocycles. The van der Waals surface area contributed by atoms with Crippen molar-refractivity contribution in [2.75, 3.05) is 6.61 Å². The van der Waals surface area contributed by atoms with E-state index in [1.807, 2.05) is 0 Å². The van der Waals surface area contributed by atoms with Gasteiger partial charge in [-0.05, 0) is 12.3 Å². The van der Waals surface area contributed by atoms with Gasteiger partial charge in [0.25, 0.3) is 0 Å². The number of carboxylic acids is 1. The minimum atomic E-state index is -0.892. The predicted molar refractivity (Wildman–Crippen MR) is 60.8 cm³/mol. The van der Waals surface area contributed by atoms with Crippen LogP contribution in [-0.2, 0) is 0 Å². The van der Waals surface area contributed by atoms with E-state index in [9.17, 15) is 4.79 Å². The summed E-state index contributed by atoms with van der Waals surface area (Å²) in [6.07, 6.45) is 2.28. The van der Waals surface area contributed by atoms with Gasteiger partial charge in [0.15, 0.2) is 0 Å². The molecule has 1 atom stereocenters. The highest BCUT2D eigenvalue weighted by Crippen LogP contribution is 2.22. The molecule has 0 bridgehead atoms. The quantitative estimate of drug-likeness (QED) is 0.812. The number of hydrogen-bond donors (Lipinski definition) is 1. The summed E-state index contributed by atoms with van der Waals surface area (Å²) in [5.74, 6) is 0.292. The first kappa shape index (κ1) is 12.0. The minimum Gasteiger partial charge on any atom is -0.492 e. The molecule has 0 saturated heterocycles. The number of ether oxygens (including phenoxy) is 1. The van der Waals surface area contributed by atoms with E-state index in [4.69, 9.17) is 9.84 Å². The van der Waals surface area contributed by atoms with E-state index in [1.165, 1.54) is 11.3 Å². The van der Waals surface area contributed by atoms with Crippen LogP contribution in [0.25, 0.3) is 0 Å². The lowest BCUT2D eigenvalue weighted by molar-refractivity contribution is 0.0702. The largest absolute Gasteiger partial charge is 0.492 e. The highest BCUT2D eigenvalue weighted by molar-refractivity contribution is 7.12. The second-order valence-corrected chi connectivity index (χ2v) is 4.57. The summed E-state index contributed by atoms with van der Waals surface area (Å²) in [4.78, 5) is 10.9. The molecule has 0 aliphatic carbocycles. The topological polar surface area (TPSA) is 46.5 Å². The average molecular weight is 228 g/mol. The van der Waals surface area contributed by atoms with Crippen molar-refractivity contribution in [2.45, 2.75) is 26.7 Å². The van der Waals surface area contributed by atoms with Crippen molar-refractivity contribution in [3.05, 3.63) is 16.3 Å². The summed E-state index contributed by atoms with van der Waals surface area (Å²) < 4.78 is 5.50. The maximum atomic E-state index is 10.6. The van der Waals surface area contributed by atoms with Crippen molar-refractivity contribution in [2.24, 2.45) is 5.92 Å². The first-order valence-corrected chi connectivity index (χ1v) is 5.96. The van der Waals surface area contributed by atoms with E-state index < -0.39 is 5.97 Å². The Kier molecular flexibility index (Phi) is 4.62. The molecule has 1 unspecified atom stereocenters. The van der Waals surface area contributed by atoms with Crippen LogP contribution in [0.1, 0.15) is 36.4 Å². The standard InChI is InChI=1S/C11H16O3S/c1-3-4-8(2)6-14-9-5-10(11(12)13)15-7-9/h5,7-8H,3-4,6H2,1-2H3,(H,12,13). The van der Waals surface area contributed by atoms with E-state index in [-0.39, 0.29) is 0 Å². The van der Waals surface area contributed by atoms with Gasteiger partial charge in [0.05, 0.1) is 6.61 Å². The lowest BCUT2D eigenvalue weighted by Crippen LogP contribution is -2.07. The van der Waals surface area contributed by atoms with E-state index >= 15 is 0 Å². The van der Waals surface area contributed by atoms with E-state index in [2.05, 4.69) is 13.8 Å². The lowest BCUT2D eigenvalue weighted by atomic mass is 10.1. The van der Waals surface area contributed by atoms with Gasteiger partial charge >= 0.3 is 5.97 Å². The third-order valence-electron chi connectivity index (χ3n) is 2.10. The first-order valence-electron chi connectivity index (χ1n) is 5.08. The number of hydrogen-bond acceptors (Lipinski definition) is 3. The molecule has 0 fully saturated rings. The Morgan fingerprint density at radius 3 is 2.93 bits per heavy atom. The lowest BCUT2D eigenvalue weighted by Gasteiger charge is -2.10. The van der Waals surface area contributed by atoms with Gasteiger partial charge in [-0.1, -0.05) is 20.3 Å². The third kappa shape index (κ3) is 3.91. The van der Waals surface area contributed by atoms with Crippen LogP contribution in [0.15, 0.2) is 11.4 Å². The van der Waals surface area contributed by atoms with Gasteiger partial charge in [-0.2, -0.15) is 0 Å². The predicted octanol–water partition coefficient (Wildman–Crippen LogP) is 3.26. The summed E-state index contributed by atoms with van der Waals surface area (Å²) in [6.45, 7) is 4.93. The molecule has 84 valence electrons. The van der Waals surface area contributed by atoms with Gasteiger partial charge in [-0.3, -0.25) is 0 Å². The molecule has 0 saturated carbocycles. The number of rotatable bonds is 6. The monoisotopic (exact) mass is 228 g/mol. The highest BCUT2D eigenvalue weighted by atomic mass is 32.1. The Hall–Kier alpha value is -1.03. The number of carbonyl (C=O) groups is 1. The summed E-state index contributed by atoms with van der Waals surface area (Å²) in [5, 5.41) is 10.5. The van der Waals surface area contributed by atoms with Gasteiger partial charge < -0.3 is 9.84 Å². The molecular weight excluding hydrogens is 212 g/mol. The average Bonchev–Trinajstić information content (AvgIpc) is 2.63. The van der Waals surface area contributed by atoms with Crippen molar-refractivity contribution >= 4 is 17.3 Å². The Morgan fingerprint density at radius 1 is 1.67 bits per heavy atom. The Labute approximate surface area is 93.7 Å². The third-order valence-corrected chi connectivity index (χ3v) is 3.00. The van der Waals surface area contributed by atoms with E-state index in [0.29, 0.717) is 23.2 Å². The summed E-state index contributed by atoms with van der Waals surface area (Å²) in [6, 6.07) is 1.58. The fourth-order valence-electron chi connectivity index (χ4n) is 1.32. The fraction of sp³-hybridized carbons (Fsp3) is 0.545. The summed E-state index contributed by atoms with van der Waals surface area (Å²) in [7, 11) is 0. The highest BCUT2D eigenvalue weighted by Gasteiger charge is 2.08. The molecule has 0 amide bonds. The van der Waals surface area contributed by atoms with Crippen molar-refractivity contribution in [3.8, 4) is 5.75 Å². The number of aromatic carboxylic acids is 1. The molecule has 1 aromatic heterocycles. The molecular formula is C11H16O3S. The molecule has 0 aliphatic heterocycles. The zero-order valence-electron chi connectivity index (χ0n) is 9.03. The molecule has 1 aromatic rings. The van der Waals surface area contributed by atoms with Crippen molar-refractivity contribution < 1.29 is 14.6 Å². The molecule has 4 heteroatoms. The second-order valence-electron chi connectivity index (χ2n) is 3.66. The fourth-order valence-corrected chi connectivity index (χ4v) is 1.99. The molecule has 0 radical (unpaired) electrons. The van der Waals surface area contributed by atoms with Crippen LogP contribution in [0.2, 0.25) is 0 Å². The summed E-state index contributed by atoms with van der Waals surface area (Å²) >= 11 is 1.20. The van der Waals surface area contributed by atoms with Crippen LogP contribution in [0.3, 0.4) is 0 Å². The Bertz CT molecular complexity index is 319. The SMILES string of the molecule is CCCC(C)COc1csc(C(=O)O)c1. The molecule has 0 spiro atoms. The van der Waals surface area contributed by atoms with Crippen LogP contribution >= 0.6 is 11.3 Å². The van der Waals surface area contributed by atoms with Gasteiger partial charge in [-0.15, -0.1) is 11.3 Å². The first-order chi connectivity index (χ1) is 7.13. The van der Waals surface area contributed by atoms with Crippen LogP contribution < -0.4 is 4.74 Å². The van der Waals surface area contributed by atoms with E-state index in [0.717, 1.165) is 12.8 Å². The Morgan fingerprint density at radius 2 is 2.40 bits per heavy atom. The van der Waals surface area contributed by atoms with Crippen molar-refractivity contribution in [3.63, 3.8) is 0 Å². The zero-order valence-corrected chi connectivity index (χ0v) is 9.84. The number of carboxylic acid groups (broad SMARTS) is 1. The molecule has 1 heterocycles. The molecule has 3 nitrogen and oxygen atoms in total. The molecule has 1 N–H and O–H groups in total. The van der Waals surface area contributed by atoms with Crippen LogP contribution in [-0.4, -0.2) is 17.7 Å². The van der Waals surface area contributed by atoms with E-state index in [1.54, 1.807) is 11.4 Å². The minimum absolute atomic E-state index is 0.327.